The van der Waals surface area contributed by atoms with Gasteiger partial charge < -0.3 is 10.1 Å². The molecule has 0 aromatic heterocycles. The minimum atomic E-state index is 0.362. The lowest BCUT2D eigenvalue weighted by molar-refractivity contribution is 0.106. The second kappa shape index (κ2) is 6.00. The zero-order valence-corrected chi connectivity index (χ0v) is 9.12. The summed E-state index contributed by atoms with van der Waals surface area (Å²) in [4.78, 5) is 0. The van der Waals surface area contributed by atoms with E-state index in [2.05, 4.69) is 18.3 Å². The summed E-state index contributed by atoms with van der Waals surface area (Å²) in [7, 11) is 1.78. The zero-order valence-electron chi connectivity index (χ0n) is 9.12. The molecule has 1 saturated carbocycles. The number of ether oxygens (including phenoxy) is 1. The molecule has 1 N–H and O–H groups in total. The maximum absolute atomic E-state index is 8.63. The van der Waals surface area contributed by atoms with Gasteiger partial charge in [-0.15, -0.1) is 0 Å². The van der Waals surface area contributed by atoms with Gasteiger partial charge in [-0.3, -0.25) is 0 Å². The molecule has 3 unspecified atom stereocenters. The summed E-state index contributed by atoms with van der Waals surface area (Å²) in [5.41, 5.74) is 0. The molecule has 0 aromatic carbocycles. The molecule has 1 aliphatic carbocycles. The Balaban J connectivity index is 2.27. The fourth-order valence-corrected chi connectivity index (χ4v) is 2.07. The summed E-state index contributed by atoms with van der Waals surface area (Å²) in [6.07, 6.45) is 5.50. The van der Waals surface area contributed by atoms with Crippen LogP contribution in [0.15, 0.2) is 0 Å². The summed E-state index contributed by atoms with van der Waals surface area (Å²) >= 11 is 0. The SMILES string of the molecule is CCC(CC#N)NC1CCC(OC)C1. The Morgan fingerprint density at radius 2 is 2.36 bits per heavy atom. The first kappa shape index (κ1) is 11.5. The van der Waals surface area contributed by atoms with Gasteiger partial charge in [0.1, 0.15) is 0 Å². The molecule has 0 radical (unpaired) electrons. The maximum atomic E-state index is 8.63. The molecule has 0 saturated heterocycles. The van der Waals surface area contributed by atoms with Crippen molar-refractivity contribution >= 4 is 0 Å². The Labute approximate surface area is 86.4 Å². The number of rotatable bonds is 5. The predicted molar refractivity (Wildman–Crippen MR) is 55.9 cm³/mol. The van der Waals surface area contributed by atoms with Crippen LogP contribution in [0.25, 0.3) is 0 Å². The lowest BCUT2D eigenvalue weighted by Crippen LogP contribution is -2.36. The highest BCUT2D eigenvalue weighted by Crippen LogP contribution is 2.22. The van der Waals surface area contributed by atoms with Crippen molar-refractivity contribution < 1.29 is 4.74 Å². The van der Waals surface area contributed by atoms with Gasteiger partial charge in [-0.1, -0.05) is 6.92 Å². The summed E-state index contributed by atoms with van der Waals surface area (Å²) in [5.74, 6) is 0. The molecular weight excluding hydrogens is 176 g/mol. The summed E-state index contributed by atoms with van der Waals surface area (Å²) in [6.45, 7) is 2.12. The molecule has 0 spiro atoms. The number of methoxy groups -OCH3 is 1. The molecule has 3 nitrogen and oxygen atoms in total. The Bertz CT molecular complexity index is 200. The molecule has 1 rings (SSSR count). The highest BCUT2D eigenvalue weighted by atomic mass is 16.5. The van der Waals surface area contributed by atoms with Crippen LogP contribution < -0.4 is 5.32 Å². The fraction of sp³-hybridized carbons (Fsp3) is 0.909. The molecule has 0 aromatic rings. The normalized spacial score (nSPS) is 28.6. The monoisotopic (exact) mass is 196 g/mol. The van der Waals surface area contributed by atoms with Crippen LogP contribution >= 0.6 is 0 Å². The minimum Gasteiger partial charge on any atom is -0.381 e. The van der Waals surface area contributed by atoms with E-state index < -0.39 is 0 Å². The van der Waals surface area contributed by atoms with Gasteiger partial charge in [0.25, 0.3) is 0 Å². The van der Waals surface area contributed by atoms with Gasteiger partial charge in [0, 0.05) is 19.2 Å². The Kier molecular flexibility index (Phi) is 4.92. The molecule has 1 fully saturated rings. The maximum Gasteiger partial charge on any atom is 0.0638 e. The van der Waals surface area contributed by atoms with Crippen LogP contribution in [-0.4, -0.2) is 25.3 Å². The molecule has 1 aliphatic rings. The van der Waals surface area contributed by atoms with Crippen LogP contribution in [0.2, 0.25) is 0 Å². The molecule has 3 atom stereocenters. The minimum absolute atomic E-state index is 0.362. The highest BCUT2D eigenvalue weighted by Gasteiger charge is 2.25. The number of nitriles is 1. The molecular formula is C11H20N2O. The molecule has 0 aliphatic heterocycles. The van der Waals surface area contributed by atoms with Crippen molar-refractivity contribution in [3.63, 3.8) is 0 Å². The molecule has 3 heteroatoms. The van der Waals surface area contributed by atoms with Crippen molar-refractivity contribution in [1.82, 2.24) is 5.32 Å². The van der Waals surface area contributed by atoms with Crippen molar-refractivity contribution in [1.29, 1.82) is 5.26 Å². The van der Waals surface area contributed by atoms with Crippen molar-refractivity contribution in [3.05, 3.63) is 0 Å². The summed E-state index contributed by atoms with van der Waals surface area (Å²) < 4.78 is 5.31. The first-order valence-corrected chi connectivity index (χ1v) is 5.46. The van der Waals surface area contributed by atoms with Crippen molar-refractivity contribution in [3.8, 4) is 6.07 Å². The van der Waals surface area contributed by atoms with Crippen LogP contribution in [0.5, 0.6) is 0 Å². The molecule has 0 amide bonds. The van der Waals surface area contributed by atoms with E-state index in [1.807, 2.05) is 0 Å². The highest BCUT2D eigenvalue weighted by molar-refractivity contribution is 4.87. The predicted octanol–water partition coefficient (Wildman–Crippen LogP) is 1.84. The zero-order chi connectivity index (χ0) is 10.4. The quantitative estimate of drug-likeness (QED) is 0.729. The Morgan fingerprint density at radius 1 is 1.57 bits per heavy atom. The second-order valence-electron chi connectivity index (χ2n) is 4.00. The van der Waals surface area contributed by atoms with E-state index in [-0.39, 0.29) is 0 Å². The molecule has 80 valence electrons. The van der Waals surface area contributed by atoms with E-state index in [9.17, 15) is 0 Å². The molecule has 14 heavy (non-hydrogen) atoms. The third-order valence-corrected chi connectivity index (χ3v) is 3.02. The van der Waals surface area contributed by atoms with Crippen LogP contribution in [-0.2, 0) is 4.74 Å². The van der Waals surface area contributed by atoms with Gasteiger partial charge >= 0.3 is 0 Å². The van der Waals surface area contributed by atoms with E-state index in [0.717, 1.165) is 19.3 Å². The second-order valence-corrected chi connectivity index (χ2v) is 4.00. The average Bonchev–Trinajstić information content (AvgIpc) is 2.65. The Hall–Kier alpha value is -0.590. The third-order valence-electron chi connectivity index (χ3n) is 3.02. The van der Waals surface area contributed by atoms with Crippen LogP contribution in [0, 0.1) is 11.3 Å². The summed E-state index contributed by atoms with van der Waals surface area (Å²) in [5, 5.41) is 12.2. The lowest BCUT2D eigenvalue weighted by Gasteiger charge is -2.19. The standard InChI is InChI=1S/C11H20N2O/c1-3-9(6-7-12)13-10-4-5-11(8-10)14-2/h9-11,13H,3-6,8H2,1-2H3. The lowest BCUT2D eigenvalue weighted by atomic mass is 10.1. The van der Waals surface area contributed by atoms with Crippen LogP contribution in [0.1, 0.15) is 39.0 Å². The molecule has 0 heterocycles. The van der Waals surface area contributed by atoms with E-state index in [4.69, 9.17) is 10.00 Å². The van der Waals surface area contributed by atoms with Crippen LogP contribution in [0.4, 0.5) is 0 Å². The largest absolute Gasteiger partial charge is 0.381 e. The van der Waals surface area contributed by atoms with E-state index in [0.29, 0.717) is 24.6 Å². The van der Waals surface area contributed by atoms with Gasteiger partial charge in [-0.25, -0.2) is 0 Å². The average molecular weight is 196 g/mol. The number of hydrogen-bond donors (Lipinski definition) is 1. The van der Waals surface area contributed by atoms with Gasteiger partial charge in [-0.2, -0.15) is 5.26 Å². The van der Waals surface area contributed by atoms with Crippen LogP contribution in [0.3, 0.4) is 0 Å². The first-order chi connectivity index (χ1) is 6.80. The Morgan fingerprint density at radius 3 is 2.86 bits per heavy atom. The van der Waals surface area contributed by atoms with Gasteiger partial charge in [0.2, 0.25) is 0 Å². The smallest absolute Gasteiger partial charge is 0.0638 e. The number of hydrogen-bond acceptors (Lipinski definition) is 3. The number of nitrogens with zero attached hydrogens (tertiary/aromatic N) is 1. The first-order valence-electron chi connectivity index (χ1n) is 5.46. The molecule has 0 bridgehead atoms. The number of nitrogens with one attached hydrogen (secondary N) is 1. The van der Waals surface area contributed by atoms with Crippen molar-refractivity contribution in [2.45, 2.75) is 57.2 Å². The van der Waals surface area contributed by atoms with Crippen molar-refractivity contribution in [2.75, 3.05) is 7.11 Å². The van der Waals surface area contributed by atoms with E-state index >= 15 is 0 Å². The van der Waals surface area contributed by atoms with E-state index in [1.165, 1.54) is 6.42 Å². The third kappa shape index (κ3) is 3.28. The van der Waals surface area contributed by atoms with E-state index in [1.54, 1.807) is 7.11 Å². The van der Waals surface area contributed by atoms with Gasteiger partial charge in [-0.05, 0) is 25.7 Å². The van der Waals surface area contributed by atoms with Crippen molar-refractivity contribution in [2.24, 2.45) is 0 Å². The fourth-order valence-electron chi connectivity index (χ4n) is 2.07. The summed E-state index contributed by atoms with van der Waals surface area (Å²) in [6, 6.07) is 3.14. The topological polar surface area (TPSA) is 45.0 Å². The van der Waals surface area contributed by atoms with Gasteiger partial charge in [0.05, 0.1) is 18.6 Å². The van der Waals surface area contributed by atoms with Gasteiger partial charge in [0.15, 0.2) is 0 Å².